The first kappa shape index (κ1) is 19.9. The third-order valence-electron chi connectivity index (χ3n) is 5.29. The van der Waals surface area contributed by atoms with Crippen molar-refractivity contribution in [1.82, 2.24) is 20.4 Å². The van der Waals surface area contributed by atoms with E-state index in [1.165, 1.54) is 4.90 Å². The van der Waals surface area contributed by atoms with Crippen LogP contribution in [-0.4, -0.2) is 50.7 Å². The zero-order chi connectivity index (χ0) is 20.4. The second kappa shape index (κ2) is 8.16. The van der Waals surface area contributed by atoms with Crippen LogP contribution in [0.2, 0.25) is 5.02 Å². The van der Waals surface area contributed by atoms with Gasteiger partial charge in [-0.1, -0.05) is 42.6 Å². The number of hydrogen-bond donors (Lipinski definition) is 1. The molecule has 0 radical (unpaired) electrons. The normalized spacial score (nSPS) is 18.7. The van der Waals surface area contributed by atoms with Crippen molar-refractivity contribution in [3.63, 3.8) is 0 Å². The maximum Gasteiger partial charge on any atom is 0.277 e. The Morgan fingerprint density at radius 1 is 1.17 bits per heavy atom. The van der Waals surface area contributed by atoms with Crippen molar-refractivity contribution < 1.29 is 18.8 Å². The summed E-state index contributed by atoms with van der Waals surface area (Å²) in [6.45, 7) is -0.106. The summed E-state index contributed by atoms with van der Waals surface area (Å²) >= 11 is 6.97. The quantitative estimate of drug-likeness (QED) is 0.582. The Hall–Kier alpha value is -2.39. The average Bonchev–Trinajstić information content (AvgIpc) is 3.19. The molecule has 4 rings (SSSR count). The van der Waals surface area contributed by atoms with Gasteiger partial charge in [-0.3, -0.25) is 19.7 Å². The molecule has 2 aromatic rings. The Kier molecular flexibility index (Phi) is 5.60. The fourth-order valence-corrected chi connectivity index (χ4v) is 4.60. The molecule has 1 saturated heterocycles. The van der Waals surface area contributed by atoms with Gasteiger partial charge in [-0.25, -0.2) is 0 Å². The molecule has 152 valence electrons. The number of hydrogen-bond acceptors (Lipinski definition) is 7. The zero-order valence-electron chi connectivity index (χ0n) is 15.5. The Bertz CT molecular complexity index is 940. The molecule has 2 aliphatic rings. The number of nitrogens with zero attached hydrogens (tertiary/aromatic N) is 3. The monoisotopic (exact) mass is 434 g/mol. The van der Waals surface area contributed by atoms with E-state index >= 15 is 0 Å². The molecule has 0 bridgehead atoms. The minimum atomic E-state index is -0.923. The third kappa shape index (κ3) is 4.02. The smallest absolute Gasteiger partial charge is 0.277 e. The highest BCUT2D eigenvalue weighted by atomic mass is 35.5. The van der Waals surface area contributed by atoms with Crippen LogP contribution in [0.25, 0.3) is 11.5 Å². The lowest BCUT2D eigenvalue weighted by Gasteiger charge is -2.47. The molecule has 2 heterocycles. The Balaban J connectivity index is 1.45. The van der Waals surface area contributed by atoms with Gasteiger partial charge in [-0.2, -0.15) is 0 Å². The minimum Gasteiger partial charge on any atom is -0.411 e. The largest absolute Gasteiger partial charge is 0.411 e. The molecule has 1 aromatic heterocycles. The van der Waals surface area contributed by atoms with Gasteiger partial charge >= 0.3 is 0 Å². The number of nitrogens with one attached hydrogen (secondary N) is 1. The second-order valence-corrected chi connectivity index (χ2v) is 8.48. The molecule has 1 aliphatic carbocycles. The molecular formula is C19H19ClN4O4S. The number of rotatable bonds is 4. The number of piperazine rings is 1. The van der Waals surface area contributed by atoms with E-state index in [1.54, 1.807) is 24.3 Å². The molecule has 10 heteroatoms. The third-order valence-corrected chi connectivity index (χ3v) is 6.35. The van der Waals surface area contributed by atoms with E-state index in [1.807, 2.05) is 0 Å². The molecular weight excluding hydrogens is 416 g/mol. The summed E-state index contributed by atoms with van der Waals surface area (Å²) in [5, 5.41) is 11.2. The van der Waals surface area contributed by atoms with E-state index in [-0.39, 0.29) is 29.3 Å². The van der Waals surface area contributed by atoms with Crippen LogP contribution in [0.1, 0.15) is 32.1 Å². The van der Waals surface area contributed by atoms with Crippen molar-refractivity contribution in [3.8, 4) is 11.5 Å². The van der Waals surface area contributed by atoms with Crippen LogP contribution < -0.4 is 5.32 Å². The summed E-state index contributed by atoms with van der Waals surface area (Å²) in [4.78, 5) is 38.8. The highest BCUT2D eigenvalue weighted by Crippen LogP contribution is 2.36. The zero-order valence-corrected chi connectivity index (χ0v) is 17.1. The minimum absolute atomic E-state index is 0.00452. The number of aromatic nitrogens is 2. The average molecular weight is 435 g/mol. The Labute approximate surface area is 176 Å². The summed E-state index contributed by atoms with van der Waals surface area (Å²) in [5.41, 5.74) is -0.202. The van der Waals surface area contributed by atoms with Crippen molar-refractivity contribution in [2.24, 2.45) is 0 Å². The van der Waals surface area contributed by atoms with Gasteiger partial charge in [0.25, 0.3) is 11.1 Å². The number of carbonyl (C=O) groups is 3. The summed E-state index contributed by atoms with van der Waals surface area (Å²) in [6, 6.07) is 6.97. The van der Waals surface area contributed by atoms with Crippen LogP contribution in [-0.2, 0) is 14.4 Å². The fraction of sp³-hybridized carbons (Fsp3) is 0.421. The van der Waals surface area contributed by atoms with Gasteiger partial charge in [0.1, 0.15) is 12.1 Å². The molecule has 1 saturated carbocycles. The lowest BCUT2D eigenvalue weighted by molar-refractivity contribution is -0.158. The van der Waals surface area contributed by atoms with Crippen molar-refractivity contribution in [2.45, 2.75) is 42.9 Å². The second-order valence-electron chi connectivity index (χ2n) is 7.12. The van der Waals surface area contributed by atoms with Crippen molar-refractivity contribution in [2.75, 3.05) is 12.3 Å². The predicted octanol–water partition coefficient (Wildman–Crippen LogP) is 2.67. The SMILES string of the molecule is O=C1CN(C(=O)CSc2nnc(-c3ccc(Cl)cc3)o2)C2(CCCCC2)C(=O)N1. The molecule has 3 amide bonds. The standard InChI is InChI=1S/C19H19ClN4O4S/c20-13-6-4-12(5-7-13)16-22-23-18(28-16)29-11-15(26)24-10-14(25)21-17(27)19(24)8-2-1-3-9-19/h4-7H,1-3,8-11H2,(H,21,25,27). The summed E-state index contributed by atoms with van der Waals surface area (Å²) < 4.78 is 5.61. The number of halogens is 1. The van der Waals surface area contributed by atoms with Crippen LogP contribution in [0, 0.1) is 0 Å². The fourth-order valence-electron chi connectivity index (χ4n) is 3.84. The maximum absolute atomic E-state index is 12.9. The topological polar surface area (TPSA) is 105 Å². The van der Waals surface area contributed by atoms with Gasteiger partial charge in [-0.05, 0) is 37.1 Å². The highest BCUT2D eigenvalue weighted by molar-refractivity contribution is 7.99. The van der Waals surface area contributed by atoms with Crippen molar-refractivity contribution >= 4 is 41.1 Å². The summed E-state index contributed by atoms with van der Waals surface area (Å²) in [6.07, 6.45) is 3.88. The van der Waals surface area contributed by atoms with E-state index in [4.69, 9.17) is 16.0 Å². The molecule has 1 aliphatic heterocycles. The van der Waals surface area contributed by atoms with Crippen LogP contribution in [0.15, 0.2) is 33.9 Å². The van der Waals surface area contributed by atoms with Gasteiger partial charge in [-0.15, -0.1) is 10.2 Å². The van der Waals surface area contributed by atoms with Crippen LogP contribution in [0.4, 0.5) is 0 Å². The molecule has 0 unspecified atom stereocenters. The summed E-state index contributed by atoms with van der Waals surface area (Å²) in [7, 11) is 0. The summed E-state index contributed by atoms with van der Waals surface area (Å²) in [5.74, 6) is -0.772. The van der Waals surface area contributed by atoms with Gasteiger partial charge < -0.3 is 9.32 Å². The number of imide groups is 1. The van der Waals surface area contributed by atoms with E-state index in [2.05, 4.69) is 15.5 Å². The Morgan fingerprint density at radius 3 is 2.62 bits per heavy atom. The van der Waals surface area contributed by atoms with Gasteiger partial charge in [0, 0.05) is 10.6 Å². The van der Waals surface area contributed by atoms with Crippen LogP contribution >= 0.6 is 23.4 Å². The molecule has 29 heavy (non-hydrogen) atoms. The van der Waals surface area contributed by atoms with Gasteiger partial charge in [0.2, 0.25) is 17.7 Å². The molecule has 0 atom stereocenters. The Morgan fingerprint density at radius 2 is 1.90 bits per heavy atom. The number of amides is 3. The van der Waals surface area contributed by atoms with Crippen LogP contribution in [0.5, 0.6) is 0 Å². The molecule has 1 aromatic carbocycles. The number of thioether (sulfide) groups is 1. The van der Waals surface area contributed by atoms with Gasteiger partial charge in [0.15, 0.2) is 0 Å². The van der Waals surface area contributed by atoms with E-state index in [0.717, 1.165) is 36.6 Å². The maximum atomic E-state index is 12.9. The molecule has 1 N–H and O–H groups in total. The van der Waals surface area contributed by atoms with Gasteiger partial charge in [0.05, 0.1) is 5.75 Å². The highest BCUT2D eigenvalue weighted by Gasteiger charge is 2.50. The first-order chi connectivity index (χ1) is 14.0. The number of benzene rings is 1. The lowest BCUT2D eigenvalue weighted by Crippen LogP contribution is -2.69. The first-order valence-corrected chi connectivity index (χ1v) is 10.7. The van der Waals surface area contributed by atoms with Crippen LogP contribution in [0.3, 0.4) is 0 Å². The van der Waals surface area contributed by atoms with E-state index < -0.39 is 11.4 Å². The van der Waals surface area contributed by atoms with E-state index in [0.29, 0.717) is 23.8 Å². The van der Waals surface area contributed by atoms with Crippen molar-refractivity contribution in [3.05, 3.63) is 29.3 Å². The lowest BCUT2D eigenvalue weighted by atomic mass is 9.78. The first-order valence-electron chi connectivity index (χ1n) is 9.35. The molecule has 2 fully saturated rings. The molecule has 8 nitrogen and oxygen atoms in total. The van der Waals surface area contributed by atoms with Crippen molar-refractivity contribution in [1.29, 1.82) is 0 Å². The molecule has 1 spiro atoms. The van der Waals surface area contributed by atoms with E-state index in [9.17, 15) is 14.4 Å². The number of carbonyl (C=O) groups excluding carboxylic acids is 3. The predicted molar refractivity (Wildman–Crippen MR) is 106 cm³/mol.